The van der Waals surface area contributed by atoms with Crippen LogP contribution in [0, 0.1) is 0 Å². The number of nitrogen functional groups attached to an aromatic ring is 1. The molecular weight excluding hydrogens is 384 g/mol. The Hall–Kier alpha value is -3.88. The molecule has 9 heteroatoms. The number of hydrogen-bond acceptors (Lipinski definition) is 7. The Balaban J connectivity index is 1.30. The minimum absolute atomic E-state index is 0.207. The minimum atomic E-state index is -0.266. The third-order valence-electron chi connectivity index (χ3n) is 4.77. The molecule has 3 aromatic rings. The first-order chi connectivity index (χ1) is 14.5. The Labute approximate surface area is 173 Å². The monoisotopic (exact) mass is 406 g/mol. The highest BCUT2D eigenvalue weighted by atomic mass is 16.5. The lowest BCUT2D eigenvalue weighted by Gasteiger charge is -2.15. The van der Waals surface area contributed by atoms with E-state index in [4.69, 9.17) is 10.5 Å². The Morgan fingerprint density at radius 3 is 2.47 bits per heavy atom. The standard InChI is InChI=1S/C21H22N6O3/c1-26-21(24-20(22)25-26)23-10-5-11-30-15-7-4-6-14(12-15)13-27-18(28)16-8-2-3-9-17(16)19(27)29/h2-4,6-9,12H,5,10-11,13H2,1H3,(H3,22,23,24,25). The zero-order valence-electron chi connectivity index (χ0n) is 16.5. The van der Waals surface area contributed by atoms with Crippen LogP contribution in [0.3, 0.4) is 0 Å². The predicted octanol–water partition coefficient (Wildman–Crippen LogP) is 2.07. The first-order valence-corrected chi connectivity index (χ1v) is 9.60. The van der Waals surface area contributed by atoms with Crippen molar-refractivity contribution >= 4 is 23.7 Å². The van der Waals surface area contributed by atoms with Gasteiger partial charge in [0.15, 0.2) is 0 Å². The van der Waals surface area contributed by atoms with E-state index in [2.05, 4.69) is 15.4 Å². The van der Waals surface area contributed by atoms with Gasteiger partial charge in [0.25, 0.3) is 11.8 Å². The Kier molecular flexibility index (Phi) is 5.34. The van der Waals surface area contributed by atoms with Crippen LogP contribution in [0.2, 0.25) is 0 Å². The van der Waals surface area contributed by atoms with Crippen molar-refractivity contribution in [2.45, 2.75) is 13.0 Å². The molecule has 0 bridgehead atoms. The van der Waals surface area contributed by atoms with Crippen molar-refractivity contribution in [3.63, 3.8) is 0 Å². The number of ether oxygens (including phenoxy) is 1. The van der Waals surface area contributed by atoms with Gasteiger partial charge in [0.05, 0.1) is 24.3 Å². The summed E-state index contributed by atoms with van der Waals surface area (Å²) in [5.41, 5.74) is 7.28. The number of nitrogens with one attached hydrogen (secondary N) is 1. The summed E-state index contributed by atoms with van der Waals surface area (Å²) in [5, 5.41) is 7.12. The molecule has 0 fully saturated rings. The molecule has 3 N–H and O–H groups in total. The molecule has 1 aliphatic heterocycles. The van der Waals surface area contributed by atoms with Crippen LogP contribution in [-0.4, -0.2) is 44.6 Å². The maximum Gasteiger partial charge on any atom is 0.261 e. The summed E-state index contributed by atoms with van der Waals surface area (Å²) in [6.45, 7) is 1.36. The number of carbonyl (C=O) groups excluding carboxylic acids is 2. The number of fused-ring (bicyclic) bond motifs is 1. The normalized spacial score (nSPS) is 12.9. The van der Waals surface area contributed by atoms with Crippen molar-refractivity contribution in [3.05, 3.63) is 65.2 Å². The van der Waals surface area contributed by atoms with Gasteiger partial charge in [0.1, 0.15) is 5.75 Å². The number of hydrogen-bond donors (Lipinski definition) is 2. The van der Waals surface area contributed by atoms with Crippen LogP contribution in [0.15, 0.2) is 48.5 Å². The van der Waals surface area contributed by atoms with Crippen LogP contribution in [-0.2, 0) is 13.6 Å². The van der Waals surface area contributed by atoms with Crippen molar-refractivity contribution in [1.82, 2.24) is 19.7 Å². The van der Waals surface area contributed by atoms with E-state index in [1.54, 1.807) is 36.0 Å². The van der Waals surface area contributed by atoms with E-state index < -0.39 is 0 Å². The maximum atomic E-state index is 12.5. The van der Waals surface area contributed by atoms with E-state index in [0.717, 1.165) is 12.0 Å². The second kappa shape index (κ2) is 8.24. The van der Waals surface area contributed by atoms with E-state index in [1.165, 1.54) is 4.90 Å². The summed E-state index contributed by atoms with van der Waals surface area (Å²) in [6.07, 6.45) is 0.745. The molecule has 0 radical (unpaired) electrons. The topological polar surface area (TPSA) is 115 Å². The number of anilines is 2. The number of imide groups is 1. The quantitative estimate of drug-likeness (QED) is 0.435. The van der Waals surface area contributed by atoms with E-state index in [0.29, 0.717) is 36.0 Å². The first kappa shape index (κ1) is 19.4. The molecule has 2 heterocycles. The second-order valence-electron chi connectivity index (χ2n) is 6.94. The van der Waals surface area contributed by atoms with Gasteiger partial charge in [0.2, 0.25) is 11.9 Å². The number of benzene rings is 2. The molecule has 154 valence electrons. The third-order valence-corrected chi connectivity index (χ3v) is 4.77. The van der Waals surface area contributed by atoms with Crippen LogP contribution in [0.1, 0.15) is 32.7 Å². The lowest BCUT2D eigenvalue weighted by molar-refractivity contribution is 0.0642. The number of nitrogens with two attached hydrogens (primary N) is 1. The van der Waals surface area contributed by atoms with Gasteiger partial charge in [-0.25, -0.2) is 4.68 Å². The molecule has 9 nitrogen and oxygen atoms in total. The van der Waals surface area contributed by atoms with Gasteiger partial charge in [-0.2, -0.15) is 4.98 Å². The zero-order valence-corrected chi connectivity index (χ0v) is 16.5. The number of amides is 2. The van der Waals surface area contributed by atoms with Crippen molar-refractivity contribution in [2.24, 2.45) is 7.05 Å². The van der Waals surface area contributed by atoms with Crippen molar-refractivity contribution in [3.8, 4) is 5.75 Å². The fourth-order valence-electron chi connectivity index (χ4n) is 3.32. The number of aromatic nitrogens is 3. The number of aryl methyl sites for hydroxylation is 1. The summed E-state index contributed by atoms with van der Waals surface area (Å²) in [6, 6.07) is 14.3. The Bertz CT molecular complexity index is 1060. The van der Waals surface area contributed by atoms with Crippen LogP contribution in [0.5, 0.6) is 5.75 Å². The van der Waals surface area contributed by atoms with Gasteiger partial charge >= 0.3 is 0 Å². The van der Waals surface area contributed by atoms with Crippen molar-refractivity contribution in [2.75, 3.05) is 24.2 Å². The lowest BCUT2D eigenvalue weighted by Crippen LogP contribution is -2.29. The van der Waals surface area contributed by atoms with Crippen LogP contribution < -0.4 is 15.8 Å². The largest absolute Gasteiger partial charge is 0.494 e. The Morgan fingerprint density at radius 1 is 1.07 bits per heavy atom. The molecule has 0 atom stereocenters. The summed E-state index contributed by atoms with van der Waals surface area (Å²) in [4.78, 5) is 30.4. The average molecular weight is 406 g/mol. The van der Waals surface area contributed by atoms with Gasteiger partial charge in [-0.3, -0.25) is 14.5 Å². The molecule has 0 unspecified atom stereocenters. The fourth-order valence-corrected chi connectivity index (χ4v) is 3.32. The molecule has 1 aromatic heterocycles. The SMILES string of the molecule is Cn1nc(N)nc1NCCCOc1cccc(CN2C(=O)c3ccccc3C2=O)c1. The van der Waals surface area contributed by atoms with E-state index in [-0.39, 0.29) is 24.3 Å². The van der Waals surface area contributed by atoms with Crippen LogP contribution >= 0.6 is 0 Å². The number of carbonyl (C=O) groups is 2. The van der Waals surface area contributed by atoms with Gasteiger partial charge in [0, 0.05) is 13.6 Å². The maximum absolute atomic E-state index is 12.5. The lowest BCUT2D eigenvalue weighted by atomic mass is 10.1. The van der Waals surface area contributed by atoms with Gasteiger partial charge in [-0.05, 0) is 36.2 Å². The van der Waals surface area contributed by atoms with Gasteiger partial charge in [-0.15, -0.1) is 5.10 Å². The van der Waals surface area contributed by atoms with E-state index >= 15 is 0 Å². The van der Waals surface area contributed by atoms with Crippen molar-refractivity contribution < 1.29 is 14.3 Å². The Morgan fingerprint density at radius 2 is 1.80 bits per heavy atom. The third kappa shape index (κ3) is 3.95. The molecule has 4 rings (SSSR count). The number of nitrogens with zero attached hydrogens (tertiary/aromatic N) is 4. The molecule has 2 aromatic carbocycles. The molecular formula is C21H22N6O3. The molecule has 0 saturated carbocycles. The molecule has 2 amide bonds. The van der Waals surface area contributed by atoms with Gasteiger partial charge < -0.3 is 15.8 Å². The van der Waals surface area contributed by atoms with Crippen molar-refractivity contribution in [1.29, 1.82) is 0 Å². The zero-order chi connectivity index (χ0) is 21.1. The minimum Gasteiger partial charge on any atom is -0.494 e. The molecule has 0 saturated heterocycles. The summed E-state index contributed by atoms with van der Waals surface area (Å²) >= 11 is 0. The van der Waals surface area contributed by atoms with Crippen LogP contribution in [0.25, 0.3) is 0 Å². The molecule has 1 aliphatic rings. The highest BCUT2D eigenvalue weighted by Crippen LogP contribution is 2.25. The average Bonchev–Trinajstić information content (AvgIpc) is 3.19. The van der Waals surface area contributed by atoms with Gasteiger partial charge in [-0.1, -0.05) is 24.3 Å². The summed E-state index contributed by atoms with van der Waals surface area (Å²) in [5.74, 6) is 0.989. The number of rotatable bonds is 8. The molecule has 0 aliphatic carbocycles. The highest BCUT2D eigenvalue weighted by molar-refractivity contribution is 6.21. The first-order valence-electron chi connectivity index (χ1n) is 9.60. The van der Waals surface area contributed by atoms with Crippen LogP contribution in [0.4, 0.5) is 11.9 Å². The smallest absolute Gasteiger partial charge is 0.261 e. The highest BCUT2D eigenvalue weighted by Gasteiger charge is 2.34. The molecule has 0 spiro atoms. The fraction of sp³-hybridized carbons (Fsp3) is 0.238. The van der Waals surface area contributed by atoms with E-state index in [1.807, 2.05) is 24.3 Å². The second-order valence-corrected chi connectivity index (χ2v) is 6.94. The summed E-state index contributed by atoms with van der Waals surface area (Å²) < 4.78 is 7.39. The summed E-state index contributed by atoms with van der Waals surface area (Å²) in [7, 11) is 1.77. The molecule has 30 heavy (non-hydrogen) atoms. The predicted molar refractivity (Wildman–Crippen MR) is 111 cm³/mol. The van der Waals surface area contributed by atoms with E-state index in [9.17, 15) is 9.59 Å².